The van der Waals surface area contributed by atoms with Crippen LogP contribution in [0.4, 0.5) is 0 Å². The van der Waals surface area contributed by atoms with Crippen LogP contribution in [0.25, 0.3) is 0 Å². The molecule has 20 unspecified atom stereocenters. The number of hydrogen-bond donors (Lipinski definition) is 17. The Hall–Kier alpha value is -2.88. The molecule has 0 saturated carbocycles. The molecule has 348 valence electrons. The van der Waals surface area contributed by atoms with Crippen LogP contribution >= 0.6 is 0 Å². The molecule has 3 aliphatic rings. The Morgan fingerprint density at radius 1 is 0.733 bits per heavy atom. The van der Waals surface area contributed by atoms with Crippen LogP contribution in [0.1, 0.15) is 27.2 Å². The average Bonchev–Trinajstić information content (AvgIpc) is 3.19. The molecule has 27 nitrogen and oxygen atoms in total. The number of carboxylic acids is 1. The normalized spacial score (nSPS) is 37.8. The van der Waals surface area contributed by atoms with E-state index in [1.165, 1.54) is 0 Å². The molecule has 20 atom stereocenters. The van der Waals surface area contributed by atoms with Crippen molar-refractivity contribution < 1.29 is 119 Å². The van der Waals surface area contributed by atoms with Crippen molar-refractivity contribution in [3.8, 4) is 0 Å². The molecule has 0 aliphatic carbocycles. The lowest BCUT2D eigenvalue weighted by Crippen LogP contribution is -2.68. The summed E-state index contributed by atoms with van der Waals surface area (Å²) >= 11 is 0. The highest BCUT2D eigenvalue weighted by Gasteiger charge is 2.57. The minimum absolute atomic E-state index is 0.730. The number of nitrogens with one attached hydrogen (secondary N) is 3. The quantitative estimate of drug-likeness (QED) is 0.0540. The Morgan fingerprint density at radius 3 is 1.83 bits per heavy atom. The molecule has 27 heteroatoms. The standard InChI is InChI=1S/C33H57N3O24/c1-10(41)34-13(5-37)27(22(48)16(46)9-55-33(32(53)54)4-14(44)19(35-11(2)42)29(60-33)21(47)15(45)6-38)58-31-26(52)25(51)28(18(8-40)57-31)59-30-20(36-12(3)43)24(50)23(49)17(7-39)56-30/h13-31,37-40,44-52H,4-9H2,1-3H3,(H,34,41)(H,35,42)(H,36,43)(H,53,54). The summed E-state index contributed by atoms with van der Waals surface area (Å²) in [6.45, 7) is -2.18. The third-order valence-corrected chi connectivity index (χ3v) is 10.0. The number of carbonyl (C=O) groups is 4. The van der Waals surface area contributed by atoms with Crippen molar-refractivity contribution in [2.24, 2.45) is 0 Å². The van der Waals surface area contributed by atoms with Gasteiger partial charge >= 0.3 is 5.97 Å². The Labute approximate surface area is 340 Å². The lowest BCUT2D eigenvalue weighted by atomic mass is 9.88. The van der Waals surface area contributed by atoms with E-state index in [2.05, 4.69) is 16.0 Å². The number of carboxylic acid groups (broad SMARTS) is 1. The molecule has 0 radical (unpaired) electrons. The van der Waals surface area contributed by atoms with E-state index in [0.717, 1.165) is 20.8 Å². The fourth-order valence-corrected chi connectivity index (χ4v) is 6.95. The molecule has 0 aromatic carbocycles. The SMILES string of the molecule is CC(=O)NC(CO)C(OC1OC(CO)C(OC2OC(CO)C(O)C(O)C2NC(C)=O)C(O)C1O)C(O)C(O)COC1(C(=O)O)CC(O)C(NC(C)=O)C(C(O)C(O)CO)O1. The number of ether oxygens (including phenoxy) is 6. The van der Waals surface area contributed by atoms with Gasteiger partial charge in [0.15, 0.2) is 12.6 Å². The van der Waals surface area contributed by atoms with Crippen LogP contribution in [0, 0.1) is 0 Å². The van der Waals surface area contributed by atoms with Crippen molar-refractivity contribution in [3.63, 3.8) is 0 Å². The first kappa shape index (κ1) is 51.5. The molecule has 3 fully saturated rings. The second-order valence-corrected chi connectivity index (χ2v) is 14.6. The number of aliphatic carboxylic acids is 1. The van der Waals surface area contributed by atoms with Crippen molar-refractivity contribution in [1.29, 1.82) is 0 Å². The van der Waals surface area contributed by atoms with Gasteiger partial charge in [0.2, 0.25) is 17.7 Å². The van der Waals surface area contributed by atoms with Crippen LogP contribution in [0.5, 0.6) is 0 Å². The minimum atomic E-state index is -2.98. The molecule has 0 aromatic rings. The molecule has 3 rings (SSSR count). The monoisotopic (exact) mass is 879 g/mol. The number of rotatable bonds is 20. The zero-order chi connectivity index (χ0) is 45.4. The largest absolute Gasteiger partial charge is 0.477 e. The van der Waals surface area contributed by atoms with E-state index in [4.69, 9.17) is 28.4 Å². The fraction of sp³-hybridized carbons (Fsp3) is 0.879. The molecule has 3 aliphatic heterocycles. The smallest absolute Gasteiger partial charge is 0.364 e. The summed E-state index contributed by atoms with van der Waals surface area (Å²) in [7, 11) is 0. The van der Waals surface area contributed by atoms with Gasteiger partial charge in [-0.25, -0.2) is 4.79 Å². The maximum Gasteiger partial charge on any atom is 0.364 e. The summed E-state index contributed by atoms with van der Waals surface area (Å²) in [4.78, 5) is 48.3. The molecule has 0 spiro atoms. The fourth-order valence-electron chi connectivity index (χ4n) is 6.95. The van der Waals surface area contributed by atoms with Gasteiger partial charge in [0.1, 0.15) is 85.4 Å². The molecule has 60 heavy (non-hydrogen) atoms. The predicted molar refractivity (Wildman–Crippen MR) is 188 cm³/mol. The van der Waals surface area contributed by atoms with Crippen molar-refractivity contribution in [3.05, 3.63) is 0 Å². The number of hydrogen-bond acceptors (Lipinski definition) is 23. The first-order valence-corrected chi connectivity index (χ1v) is 18.6. The van der Waals surface area contributed by atoms with Crippen LogP contribution < -0.4 is 16.0 Å². The highest BCUT2D eigenvalue weighted by molar-refractivity contribution is 5.76. The van der Waals surface area contributed by atoms with Crippen LogP contribution in [0.15, 0.2) is 0 Å². The van der Waals surface area contributed by atoms with Gasteiger partial charge in [0.05, 0.1) is 51.2 Å². The van der Waals surface area contributed by atoms with Crippen molar-refractivity contribution >= 4 is 23.7 Å². The molecule has 3 amide bonds. The Bertz CT molecular complexity index is 1420. The van der Waals surface area contributed by atoms with Crippen LogP contribution in [-0.2, 0) is 47.6 Å². The average molecular weight is 880 g/mol. The van der Waals surface area contributed by atoms with Gasteiger partial charge in [-0.3, -0.25) is 14.4 Å². The number of aliphatic hydroxyl groups excluding tert-OH is 13. The molecule has 3 saturated heterocycles. The molecule has 0 bridgehead atoms. The maximum absolute atomic E-state index is 12.6. The molecule has 0 aromatic heterocycles. The summed E-state index contributed by atoms with van der Waals surface area (Å²) in [5.74, 6) is -7.30. The zero-order valence-corrected chi connectivity index (χ0v) is 32.6. The summed E-state index contributed by atoms with van der Waals surface area (Å²) in [5.41, 5.74) is 0. The summed E-state index contributed by atoms with van der Waals surface area (Å²) in [5, 5.41) is 154. The Morgan fingerprint density at radius 2 is 1.32 bits per heavy atom. The molecule has 3 heterocycles. The van der Waals surface area contributed by atoms with Gasteiger partial charge in [-0.05, 0) is 0 Å². The maximum atomic E-state index is 12.6. The zero-order valence-electron chi connectivity index (χ0n) is 32.6. The van der Waals surface area contributed by atoms with Crippen LogP contribution in [0.3, 0.4) is 0 Å². The van der Waals surface area contributed by atoms with E-state index in [9.17, 15) is 90.7 Å². The topological polar surface area (TPSA) is 443 Å². The number of carbonyl (C=O) groups excluding carboxylic acids is 3. The second kappa shape index (κ2) is 22.5. The molecular formula is C33H57N3O24. The van der Waals surface area contributed by atoms with E-state index < -0.39 is 185 Å². The molecular weight excluding hydrogens is 822 g/mol. The summed E-state index contributed by atoms with van der Waals surface area (Å²) in [6, 6.07) is -4.78. The predicted octanol–water partition coefficient (Wildman–Crippen LogP) is -10.5. The highest BCUT2D eigenvalue weighted by Crippen LogP contribution is 2.35. The summed E-state index contributed by atoms with van der Waals surface area (Å²) in [6.07, 6.45) is -32.4. The van der Waals surface area contributed by atoms with Gasteiger partial charge in [-0.2, -0.15) is 0 Å². The summed E-state index contributed by atoms with van der Waals surface area (Å²) < 4.78 is 33.4. The third kappa shape index (κ3) is 12.2. The van der Waals surface area contributed by atoms with Crippen molar-refractivity contribution in [2.45, 2.75) is 149 Å². The number of amides is 3. The van der Waals surface area contributed by atoms with Crippen LogP contribution in [-0.4, -0.2) is 250 Å². The minimum Gasteiger partial charge on any atom is -0.477 e. The van der Waals surface area contributed by atoms with Gasteiger partial charge in [0, 0.05) is 27.2 Å². The van der Waals surface area contributed by atoms with Gasteiger partial charge in [-0.15, -0.1) is 0 Å². The Kier molecular flexibility index (Phi) is 19.3. The highest BCUT2D eigenvalue weighted by atomic mass is 16.7. The van der Waals surface area contributed by atoms with E-state index >= 15 is 0 Å². The van der Waals surface area contributed by atoms with Gasteiger partial charge in [-0.1, -0.05) is 0 Å². The van der Waals surface area contributed by atoms with Crippen LogP contribution in [0.2, 0.25) is 0 Å². The lowest BCUT2D eigenvalue weighted by molar-refractivity contribution is -0.357. The Balaban J connectivity index is 1.88. The first-order valence-electron chi connectivity index (χ1n) is 18.6. The van der Waals surface area contributed by atoms with E-state index in [1.54, 1.807) is 0 Å². The van der Waals surface area contributed by atoms with Crippen molar-refractivity contribution in [1.82, 2.24) is 16.0 Å². The molecule has 17 N–H and O–H groups in total. The third-order valence-electron chi connectivity index (χ3n) is 10.0. The first-order chi connectivity index (χ1) is 28.1. The van der Waals surface area contributed by atoms with E-state index in [1.807, 2.05) is 0 Å². The second-order valence-electron chi connectivity index (χ2n) is 14.6. The van der Waals surface area contributed by atoms with Gasteiger partial charge < -0.3 is 116 Å². The van der Waals surface area contributed by atoms with E-state index in [-0.39, 0.29) is 0 Å². The van der Waals surface area contributed by atoms with Crippen molar-refractivity contribution in [2.75, 3.05) is 33.0 Å². The van der Waals surface area contributed by atoms with E-state index in [0.29, 0.717) is 0 Å². The lowest BCUT2D eigenvalue weighted by Gasteiger charge is -2.48. The van der Waals surface area contributed by atoms with Gasteiger partial charge in [0.25, 0.3) is 5.79 Å². The number of aliphatic hydroxyl groups is 13.